The maximum Gasteiger partial charge on any atom is 0.286 e. The van der Waals surface area contributed by atoms with Crippen LogP contribution in [-0.4, -0.2) is 42.2 Å². The first-order chi connectivity index (χ1) is 12.7. The lowest BCUT2D eigenvalue weighted by molar-refractivity contribution is -0.113. The summed E-state index contributed by atoms with van der Waals surface area (Å²) in [5.41, 5.74) is 2.25. The minimum absolute atomic E-state index is 0.143. The van der Waals surface area contributed by atoms with Crippen molar-refractivity contribution in [1.29, 1.82) is 0 Å². The molecule has 0 saturated carbocycles. The van der Waals surface area contributed by atoms with Gasteiger partial charge in [0.15, 0.2) is 5.17 Å². The molecular weight excluding hydrogens is 410 g/mol. The normalized spacial score (nSPS) is 19.2. The molecule has 2 aromatic carbocycles. The van der Waals surface area contributed by atoms with Crippen molar-refractivity contribution in [2.75, 3.05) is 31.1 Å². The van der Waals surface area contributed by atoms with E-state index in [9.17, 15) is 4.79 Å². The second kappa shape index (κ2) is 7.68. The summed E-state index contributed by atoms with van der Waals surface area (Å²) in [5.74, 6) is -0.143. The van der Waals surface area contributed by atoms with E-state index in [1.807, 2.05) is 36.4 Å². The second-order valence-corrected chi connectivity index (χ2v) is 8.10. The van der Waals surface area contributed by atoms with Crippen molar-refractivity contribution in [3.63, 3.8) is 0 Å². The first-order valence-corrected chi connectivity index (χ1v) is 10.1. The van der Waals surface area contributed by atoms with Crippen molar-refractivity contribution in [1.82, 2.24) is 4.90 Å². The number of carbonyl (C=O) groups is 1. The summed E-state index contributed by atoms with van der Waals surface area (Å²) >= 11 is 4.94. The van der Waals surface area contributed by atoms with Crippen molar-refractivity contribution >= 4 is 50.5 Å². The molecule has 2 heterocycles. The van der Waals surface area contributed by atoms with Gasteiger partial charge >= 0.3 is 0 Å². The van der Waals surface area contributed by atoms with Crippen molar-refractivity contribution in [3.8, 4) is 0 Å². The van der Waals surface area contributed by atoms with Gasteiger partial charge in [-0.3, -0.25) is 4.79 Å². The highest BCUT2D eigenvalue weighted by molar-refractivity contribution is 9.10. The molecule has 1 amide bonds. The van der Waals surface area contributed by atoms with E-state index in [1.54, 1.807) is 0 Å². The van der Waals surface area contributed by atoms with Gasteiger partial charge in [0.1, 0.15) is 0 Å². The van der Waals surface area contributed by atoms with Gasteiger partial charge < -0.3 is 9.80 Å². The number of carbonyl (C=O) groups excluding carboxylic acids is 1. The third-order valence-corrected chi connectivity index (χ3v) is 5.96. The summed E-state index contributed by atoms with van der Waals surface area (Å²) in [6.45, 7) is 3.61. The highest BCUT2D eigenvalue weighted by Gasteiger charge is 2.28. The van der Waals surface area contributed by atoms with E-state index < -0.39 is 0 Å². The molecule has 0 N–H and O–H groups in total. The number of nitrogens with zero attached hydrogens (tertiary/aromatic N) is 3. The molecule has 0 aliphatic carbocycles. The Bertz CT molecular complexity index is 874. The Morgan fingerprint density at radius 2 is 1.69 bits per heavy atom. The summed E-state index contributed by atoms with van der Waals surface area (Å²) in [7, 11) is 0. The largest absolute Gasteiger partial charge is 0.368 e. The van der Waals surface area contributed by atoms with Crippen LogP contribution in [0.25, 0.3) is 6.08 Å². The van der Waals surface area contributed by atoms with Crippen LogP contribution in [0.5, 0.6) is 0 Å². The summed E-state index contributed by atoms with van der Waals surface area (Å²) in [5, 5.41) is 0.823. The number of benzene rings is 2. The topological polar surface area (TPSA) is 35.9 Å². The molecule has 4 nitrogen and oxygen atoms in total. The molecule has 2 aliphatic heterocycles. The number of rotatable bonds is 2. The third-order valence-electron chi connectivity index (χ3n) is 4.43. The Balaban J connectivity index is 1.41. The first-order valence-electron chi connectivity index (χ1n) is 8.52. The van der Waals surface area contributed by atoms with Crippen LogP contribution in [0.2, 0.25) is 0 Å². The van der Waals surface area contributed by atoms with Crippen LogP contribution in [0.1, 0.15) is 5.56 Å². The molecule has 2 aliphatic rings. The van der Waals surface area contributed by atoms with Gasteiger partial charge in [-0.2, -0.15) is 4.99 Å². The highest BCUT2D eigenvalue weighted by Crippen LogP contribution is 2.31. The maximum atomic E-state index is 12.3. The average Bonchev–Trinajstić information content (AvgIpc) is 3.03. The predicted octanol–water partition coefficient (Wildman–Crippen LogP) is 4.24. The quantitative estimate of drug-likeness (QED) is 0.671. The van der Waals surface area contributed by atoms with Crippen molar-refractivity contribution in [3.05, 3.63) is 69.5 Å². The molecule has 26 heavy (non-hydrogen) atoms. The lowest BCUT2D eigenvalue weighted by Crippen LogP contribution is -2.47. The molecule has 132 valence electrons. The van der Waals surface area contributed by atoms with E-state index >= 15 is 0 Å². The van der Waals surface area contributed by atoms with Crippen molar-refractivity contribution in [2.45, 2.75) is 0 Å². The fourth-order valence-corrected chi connectivity index (χ4v) is 4.46. The number of anilines is 1. The second-order valence-electron chi connectivity index (χ2n) is 6.17. The monoisotopic (exact) mass is 427 g/mol. The first kappa shape index (κ1) is 17.4. The molecule has 0 unspecified atom stereocenters. The van der Waals surface area contributed by atoms with Gasteiger partial charge in [0.25, 0.3) is 5.91 Å². The molecule has 0 radical (unpaired) electrons. The maximum absolute atomic E-state index is 12.3. The lowest BCUT2D eigenvalue weighted by Gasteiger charge is -2.36. The van der Waals surface area contributed by atoms with Gasteiger partial charge in [0, 0.05) is 36.3 Å². The number of amides is 1. The van der Waals surface area contributed by atoms with Crippen molar-refractivity contribution in [2.24, 2.45) is 4.99 Å². The SMILES string of the molecule is O=C1N=C(N2CCN(c3ccccc3)CC2)SC1=Cc1cccc(Br)c1. The fourth-order valence-electron chi connectivity index (χ4n) is 3.08. The minimum atomic E-state index is -0.143. The molecule has 0 aromatic heterocycles. The van der Waals surface area contributed by atoms with Gasteiger partial charge in [0.05, 0.1) is 4.91 Å². The number of para-hydroxylation sites is 1. The Morgan fingerprint density at radius 1 is 0.962 bits per heavy atom. The van der Waals surface area contributed by atoms with Crippen LogP contribution in [-0.2, 0) is 4.79 Å². The van der Waals surface area contributed by atoms with Crippen LogP contribution in [0.3, 0.4) is 0 Å². The van der Waals surface area contributed by atoms with E-state index in [4.69, 9.17) is 0 Å². The molecule has 2 aromatic rings. The molecular formula is C20H18BrN3OS. The van der Waals surface area contributed by atoms with Crippen LogP contribution in [0.15, 0.2) is 69.0 Å². The van der Waals surface area contributed by atoms with Gasteiger partial charge in [-0.15, -0.1) is 0 Å². The van der Waals surface area contributed by atoms with Crippen LogP contribution >= 0.6 is 27.7 Å². The number of hydrogen-bond donors (Lipinski definition) is 0. The summed E-state index contributed by atoms with van der Waals surface area (Å²) in [4.78, 5) is 21.8. The van der Waals surface area contributed by atoms with E-state index in [0.717, 1.165) is 41.4 Å². The van der Waals surface area contributed by atoms with E-state index in [-0.39, 0.29) is 5.91 Å². The molecule has 0 spiro atoms. The number of hydrogen-bond acceptors (Lipinski definition) is 4. The van der Waals surface area contributed by atoms with Gasteiger partial charge in [0.2, 0.25) is 0 Å². The predicted molar refractivity (Wildman–Crippen MR) is 112 cm³/mol. The molecule has 1 saturated heterocycles. The molecule has 6 heteroatoms. The third kappa shape index (κ3) is 3.86. The van der Waals surface area contributed by atoms with Crippen LogP contribution < -0.4 is 4.90 Å². The Labute approximate surface area is 165 Å². The zero-order valence-electron chi connectivity index (χ0n) is 14.1. The van der Waals surface area contributed by atoms with Gasteiger partial charge in [-0.1, -0.05) is 46.3 Å². The molecule has 4 rings (SSSR count). The number of thioether (sulfide) groups is 1. The average molecular weight is 428 g/mol. The molecule has 0 atom stereocenters. The summed E-state index contributed by atoms with van der Waals surface area (Å²) in [6, 6.07) is 18.4. The van der Waals surface area contributed by atoms with Crippen molar-refractivity contribution < 1.29 is 4.79 Å². The number of aliphatic imine (C=N–C) groups is 1. The smallest absolute Gasteiger partial charge is 0.286 e. The number of amidine groups is 1. The Kier molecular flexibility index (Phi) is 5.13. The Hall–Kier alpha value is -2.05. The zero-order valence-corrected chi connectivity index (χ0v) is 16.5. The lowest BCUT2D eigenvalue weighted by atomic mass is 10.2. The fraction of sp³-hybridized carbons (Fsp3) is 0.200. The van der Waals surface area contributed by atoms with Gasteiger partial charge in [-0.25, -0.2) is 0 Å². The summed E-state index contributed by atoms with van der Waals surface area (Å²) < 4.78 is 1.00. The Morgan fingerprint density at radius 3 is 2.42 bits per heavy atom. The van der Waals surface area contributed by atoms with Crippen LogP contribution in [0.4, 0.5) is 5.69 Å². The number of piperazine rings is 1. The molecule has 1 fully saturated rings. The highest BCUT2D eigenvalue weighted by atomic mass is 79.9. The van der Waals surface area contributed by atoms with Gasteiger partial charge in [-0.05, 0) is 47.7 Å². The number of halogens is 1. The van der Waals surface area contributed by atoms with Crippen LogP contribution in [0, 0.1) is 0 Å². The minimum Gasteiger partial charge on any atom is -0.368 e. The van der Waals surface area contributed by atoms with E-state index in [2.05, 4.69) is 55.0 Å². The van der Waals surface area contributed by atoms with E-state index in [1.165, 1.54) is 17.4 Å². The zero-order chi connectivity index (χ0) is 17.9. The summed E-state index contributed by atoms with van der Waals surface area (Å²) in [6.07, 6.45) is 1.91. The standard InChI is InChI=1S/C20H18BrN3OS/c21-16-6-4-5-15(13-16)14-18-19(25)22-20(26-18)24-11-9-23(10-12-24)17-7-2-1-3-8-17/h1-8,13-14H,9-12H2. The molecule has 0 bridgehead atoms. The van der Waals surface area contributed by atoms with E-state index in [0.29, 0.717) is 4.91 Å².